The Bertz CT molecular complexity index is 1050. The minimum atomic E-state index is -0.474. The quantitative estimate of drug-likeness (QED) is 0.494. The Morgan fingerprint density at radius 1 is 1.06 bits per heavy atom. The van der Waals surface area contributed by atoms with Crippen LogP contribution in [0.5, 0.6) is 0 Å². The average Bonchev–Trinajstić information content (AvgIpc) is 3.19. The molecule has 1 atom stereocenters. The zero-order valence-electron chi connectivity index (χ0n) is 18.3. The van der Waals surface area contributed by atoms with E-state index >= 15 is 0 Å². The highest BCUT2D eigenvalue weighted by atomic mass is 32.2. The highest BCUT2D eigenvalue weighted by molar-refractivity contribution is 8.00. The van der Waals surface area contributed by atoms with Crippen molar-refractivity contribution >= 4 is 17.7 Å². The summed E-state index contributed by atoms with van der Waals surface area (Å²) in [6.45, 7) is 7.02. The molecule has 1 aliphatic heterocycles. The first-order chi connectivity index (χ1) is 15.5. The molecule has 1 saturated heterocycles. The van der Waals surface area contributed by atoms with E-state index in [0.717, 1.165) is 5.56 Å². The van der Waals surface area contributed by atoms with Crippen LogP contribution >= 0.6 is 11.8 Å². The van der Waals surface area contributed by atoms with Crippen LogP contribution in [0.1, 0.15) is 24.7 Å². The summed E-state index contributed by atoms with van der Waals surface area (Å²) in [4.78, 5) is 15.3. The van der Waals surface area contributed by atoms with Crippen LogP contribution in [0.25, 0.3) is 11.4 Å². The molecule has 6 nitrogen and oxygen atoms in total. The lowest BCUT2D eigenvalue weighted by Crippen LogP contribution is -2.42. The molecule has 0 bridgehead atoms. The van der Waals surface area contributed by atoms with Crippen LogP contribution in [-0.2, 0) is 16.1 Å². The van der Waals surface area contributed by atoms with E-state index in [4.69, 9.17) is 4.74 Å². The number of aromatic nitrogens is 3. The smallest absolute Gasteiger partial charge is 0.240 e. The summed E-state index contributed by atoms with van der Waals surface area (Å²) in [5.74, 6) is 0.451. The number of morpholine rings is 1. The molecular weight excluding hydrogens is 427 g/mol. The molecule has 0 aliphatic carbocycles. The molecule has 4 rings (SSSR count). The van der Waals surface area contributed by atoms with Crippen LogP contribution in [-0.4, -0.2) is 51.9 Å². The van der Waals surface area contributed by atoms with Gasteiger partial charge in [-0.05, 0) is 23.6 Å². The van der Waals surface area contributed by atoms with E-state index in [1.54, 1.807) is 18.2 Å². The molecule has 0 saturated carbocycles. The van der Waals surface area contributed by atoms with Crippen LogP contribution in [0.2, 0.25) is 0 Å². The normalized spacial score (nSPS) is 15.2. The van der Waals surface area contributed by atoms with Crippen molar-refractivity contribution in [3.8, 4) is 11.4 Å². The molecule has 32 heavy (non-hydrogen) atoms. The molecule has 0 spiro atoms. The molecular formula is C24H27FN4O2S. The van der Waals surface area contributed by atoms with Crippen LogP contribution in [0.3, 0.4) is 0 Å². The first-order valence-corrected chi connectivity index (χ1v) is 11.7. The Hall–Kier alpha value is -2.71. The minimum Gasteiger partial charge on any atom is -0.378 e. The van der Waals surface area contributed by atoms with E-state index in [-0.39, 0.29) is 11.7 Å². The van der Waals surface area contributed by atoms with E-state index in [0.29, 0.717) is 55.3 Å². The van der Waals surface area contributed by atoms with Gasteiger partial charge in [0.2, 0.25) is 5.91 Å². The molecule has 1 aliphatic rings. The number of amides is 1. The second-order valence-corrected chi connectivity index (χ2v) is 9.21. The van der Waals surface area contributed by atoms with E-state index in [1.807, 2.05) is 39.8 Å². The number of ether oxygens (including phenoxy) is 1. The number of carbonyl (C=O) groups is 1. The molecule has 168 valence electrons. The lowest BCUT2D eigenvalue weighted by molar-refractivity contribution is -0.134. The summed E-state index contributed by atoms with van der Waals surface area (Å²) >= 11 is 1.37. The van der Waals surface area contributed by atoms with Gasteiger partial charge in [-0.3, -0.25) is 4.79 Å². The Kier molecular flexibility index (Phi) is 7.22. The van der Waals surface area contributed by atoms with E-state index in [2.05, 4.69) is 24.0 Å². The summed E-state index contributed by atoms with van der Waals surface area (Å²) in [5, 5.41) is 8.85. The van der Waals surface area contributed by atoms with Crippen molar-refractivity contribution in [1.82, 2.24) is 19.7 Å². The number of carbonyl (C=O) groups excluding carboxylic acids is 1. The monoisotopic (exact) mass is 454 g/mol. The number of halogens is 1. The SMILES string of the molecule is CC(C)Cn1c(SC(C(=O)N2CCOCC2)c2ccccc2)nnc1-c1ccccc1F. The third kappa shape index (κ3) is 5.02. The lowest BCUT2D eigenvalue weighted by atomic mass is 10.1. The minimum absolute atomic E-state index is 0.0241. The molecule has 2 aromatic carbocycles. The van der Waals surface area contributed by atoms with Crippen molar-refractivity contribution < 1.29 is 13.9 Å². The zero-order chi connectivity index (χ0) is 22.5. The number of rotatable bonds is 7. The Labute approximate surface area is 191 Å². The maximum atomic E-state index is 14.5. The first-order valence-electron chi connectivity index (χ1n) is 10.8. The highest BCUT2D eigenvalue weighted by Crippen LogP contribution is 2.38. The number of hydrogen-bond donors (Lipinski definition) is 0. The molecule has 1 aromatic heterocycles. The molecule has 8 heteroatoms. The Morgan fingerprint density at radius 2 is 1.75 bits per heavy atom. The summed E-state index contributed by atoms with van der Waals surface area (Å²) in [6.07, 6.45) is 0. The van der Waals surface area contributed by atoms with Crippen LogP contribution < -0.4 is 0 Å². The van der Waals surface area contributed by atoms with Gasteiger partial charge >= 0.3 is 0 Å². The van der Waals surface area contributed by atoms with Crippen molar-refractivity contribution in [3.63, 3.8) is 0 Å². The van der Waals surface area contributed by atoms with Crippen LogP contribution in [0.4, 0.5) is 4.39 Å². The lowest BCUT2D eigenvalue weighted by Gasteiger charge is -2.30. The summed E-state index contributed by atoms with van der Waals surface area (Å²) < 4.78 is 21.9. The third-order valence-electron chi connectivity index (χ3n) is 5.25. The Morgan fingerprint density at radius 3 is 2.44 bits per heavy atom. The van der Waals surface area contributed by atoms with E-state index in [1.165, 1.54) is 17.8 Å². The van der Waals surface area contributed by atoms with Crippen molar-refractivity contribution in [1.29, 1.82) is 0 Å². The van der Waals surface area contributed by atoms with Gasteiger partial charge in [-0.2, -0.15) is 0 Å². The van der Waals surface area contributed by atoms with Crippen molar-refractivity contribution in [3.05, 3.63) is 66.0 Å². The fourth-order valence-corrected chi connectivity index (χ4v) is 4.82. The maximum absolute atomic E-state index is 14.5. The van der Waals surface area contributed by atoms with Crippen LogP contribution in [0.15, 0.2) is 59.8 Å². The van der Waals surface area contributed by atoms with Gasteiger partial charge in [0.15, 0.2) is 11.0 Å². The van der Waals surface area contributed by atoms with Crippen molar-refractivity contribution in [2.75, 3.05) is 26.3 Å². The number of nitrogens with zero attached hydrogens (tertiary/aromatic N) is 4. The molecule has 1 amide bonds. The summed E-state index contributed by atoms with van der Waals surface area (Å²) in [5.41, 5.74) is 1.31. The first kappa shape index (κ1) is 22.5. The number of benzene rings is 2. The fourth-order valence-electron chi connectivity index (χ4n) is 3.69. The summed E-state index contributed by atoms with van der Waals surface area (Å²) in [7, 11) is 0. The predicted molar refractivity (Wildman–Crippen MR) is 123 cm³/mol. The van der Waals surface area contributed by atoms with Gasteiger partial charge in [-0.25, -0.2) is 4.39 Å². The van der Waals surface area contributed by atoms with Crippen molar-refractivity contribution in [2.45, 2.75) is 30.8 Å². The predicted octanol–water partition coefficient (Wildman–Crippen LogP) is 4.43. The average molecular weight is 455 g/mol. The second kappa shape index (κ2) is 10.3. The summed E-state index contributed by atoms with van der Waals surface area (Å²) in [6, 6.07) is 16.3. The van der Waals surface area contributed by atoms with Gasteiger partial charge in [-0.1, -0.05) is 68.1 Å². The molecule has 0 N–H and O–H groups in total. The second-order valence-electron chi connectivity index (χ2n) is 8.14. The van der Waals surface area contributed by atoms with Gasteiger partial charge < -0.3 is 14.2 Å². The van der Waals surface area contributed by atoms with Gasteiger partial charge in [0.1, 0.15) is 11.1 Å². The molecule has 1 unspecified atom stereocenters. The van der Waals surface area contributed by atoms with Gasteiger partial charge in [0.05, 0.1) is 18.8 Å². The standard InChI is InChI=1S/C24H27FN4O2S/c1-17(2)16-29-22(19-10-6-7-11-20(19)25)26-27-24(29)32-21(18-8-4-3-5-9-18)23(30)28-12-14-31-15-13-28/h3-11,17,21H,12-16H2,1-2H3. The topological polar surface area (TPSA) is 60.2 Å². The largest absolute Gasteiger partial charge is 0.378 e. The van der Waals surface area contributed by atoms with Crippen LogP contribution in [0, 0.1) is 11.7 Å². The van der Waals surface area contributed by atoms with Gasteiger partial charge in [0, 0.05) is 19.6 Å². The van der Waals surface area contributed by atoms with Gasteiger partial charge in [-0.15, -0.1) is 10.2 Å². The maximum Gasteiger partial charge on any atom is 0.240 e. The highest BCUT2D eigenvalue weighted by Gasteiger charge is 2.30. The Balaban J connectivity index is 1.71. The molecule has 3 aromatic rings. The number of thioether (sulfide) groups is 1. The van der Waals surface area contributed by atoms with Crippen molar-refractivity contribution in [2.24, 2.45) is 5.92 Å². The molecule has 1 fully saturated rings. The van der Waals surface area contributed by atoms with E-state index < -0.39 is 5.25 Å². The van der Waals surface area contributed by atoms with Gasteiger partial charge in [0.25, 0.3) is 0 Å². The zero-order valence-corrected chi connectivity index (χ0v) is 19.1. The molecule has 0 radical (unpaired) electrons. The fraction of sp³-hybridized carbons (Fsp3) is 0.375. The van der Waals surface area contributed by atoms with E-state index in [9.17, 15) is 9.18 Å². The third-order valence-corrected chi connectivity index (χ3v) is 6.47. The number of hydrogen-bond acceptors (Lipinski definition) is 5. The molecule has 2 heterocycles.